The van der Waals surface area contributed by atoms with E-state index in [0.717, 1.165) is 16.5 Å². The van der Waals surface area contributed by atoms with E-state index in [-0.39, 0.29) is 38.0 Å². The molecule has 1 aliphatic rings. The number of hydrogen-bond donors (Lipinski definition) is 7. The molecule has 0 aliphatic carbocycles. The van der Waals surface area contributed by atoms with Crippen molar-refractivity contribution in [1.29, 1.82) is 0 Å². The summed E-state index contributed by atoms with van der Waals surface area (Å²) in [5.74, 6) is -6.31. The van der Waals surface area contributed by atoms with Gasteiger partial charge < -0.3 is 42.4 Å². The normalized spacial score (nSPS) is 18.3. The van der Waals surface area contributed by atoms with E-state index in [1.54, 1.807) is 42.7 Å². The number of para-hydroxylation sites is 1. The molecule has 0 saturated heterocycles. The van der Waals surface area contributed by atoms with E-state index in [1.807, 2.05) is 30.3 Å². The Hall–Kier alpha value is -5.39. The van der Waals surface area contributed by atoms with E-state index in [1.165, 1.54) is 35.8 Å². The minimum atomic E-state index is -3.32. The number of likely N-dealkylation sites (N-methyl/N-ethyl adjacent to an activating group) is 1. The largest absolute Gasteiger partial charge is 0.478 e. The molecule has 3 heterocycles. The third-order valence-electron chi connectivity index (χ3n) is 10.6. The van der Waals surface area contributed by atoms with Gasteiger partial charge in [-0.3, -0.25) is 14.4 Å². The maximum atomic E-state index is 14.7. The number of halogens is 3. The fraction of sp³-hybridized carbons (Fsp3) is 0.326. The molecule has 2 aromatic heterocycles. The first-order valence-corrected chi connectivity index (χ1v) is 20.7. The van der Waals surface area contributed by atoms with Gasteiger partial charge in [-0.25, -0.2) is 18.6 Å². The van der Waals surface area contributed by atoms with E-state index in [4.69, 9.17) is 23.1 Å². The summed E-state index contributed by atoms with van der Waals surface area (Å²) in [6.07, 6.45) is 2.86. The number of nitrogens with two attached hydrogens (primary N) is 2. The second kappa shape index (κ2) is 19.8. The number of hydrogen-bond acceptors (Lipinski definition) is 9. The number of amides is 3. The number of benzene rings is 3. The fourth-order valence-electron chi connectivity index (χ4n) is 7.17. The second-order valence-electron chi connectivity index (χ2n) is 14.6. The quantitative estimate of drug-likeness (QED) is 0.0889. The minimum absolute atomic E-state index is 0.0242. The van der Waals surface area contributed by atoms with Crippen molar-refractivity contribution in [1.82, 2.24) is 30.8 Å². The predicted molar refractivity (Wildman–Crippen MR) is 227 cm³/mol. The maximum Gasteiger partial charge on any atom is 0.335 e. The molecule has 316 valence electrons. The third-order valence-corrected chi connectivity index (χ3v) is 12.3. The van der Waals surface area contributed by atoms with Gasteiger partial charge in [0.25, 0.3) is 5.92 Å². The first-order valence-electron chi connectivity index (χ1n) is 19.5. The monoisotopic (exact) mass is 860 g/mol. The van der Waals surface area contributed by atoms with E-state index >= 15 is 0 Å². The van der Waals surface area contributed by atoms with Crippen molar-refractivity contribution in [2.45, 2.75) is 79.2 Å². The number of aromatic amines is 1. The van der Waals surface area contributed by atoms with Crippen molar-refractivity contribution in [2.75, 3.05) is 20.1 Å². The summed E-state index contributed by atoms with van der Waals surface area (Å²) >= 11 is 8.23. The molecule has 3 atom stereocenters. The van der Waals surface area contributed by atoms with Gasteiger partial charge >= 0.3 is 5.97 Å². The number of H-pyrrole nitrogens is 1. The number of carboxylic acid groups (broad SMARTS) is 1. The maximum absolute atomic E-state index is 14.7. The number of nitrogens with zero attached hydrogens (tertiary/aromatic N) is 2. The minimum Gasteiger partial charge on any atom is -0.478 e. The molecular formula is C43H47ClF2N8O5S. The van der Waals surface area contributed by atoms with Crippen molar-refractivity contribution in [3.05, 3.63) is 112 Å². The Kier molecular flexibility index (Phi) is 14.6. The number of carbonyl (C=O) groups is 4. The molecule has 6 rings (SSSR count). The SMILES string of the molecule is CN1C(=O)[C@H](CCC(F)(F)CN)NC(=O)[C@H](CCCN)NCc2cccnc2Sc2c(Cl)ccc(-c3ccc(C(=O)O)cc3)c2CNC(=O)[C@@H]1Cc1c[nH]c2ccccc12. The lowest BCUT2D eigenvalue weighted by Gasteiger charge is -2.32. The summed E-state index contributed by atoms with van der Waals surface area (Å²) in [6, 6.07) is 17.3. The van der Waals surface area contributed by atoms with Crippen LogP contribution in [0.4, 0.5) is 8.78 Å². The van der Waals surface area contributed by atoms with Gasteiger partial charge in [0.2, 0.25) is 17.7 Å². The van der Waals surface area contributed by atoms with Crippen LogP contribution in [0.1, 0.15) is 52.7 Å². The molecule has 0 bridgehead atoms. The zero-order valence-electron chi connectivity index (χ0n) is 32.9. The van der Waals surface area contributed by atoms with Crippen LogP contribution in [0.3, 0.4) is 0 Å². The van der Waals surface area contributed by atoms with Gasteiger partial charge in [-0.05, 0) is 84.0 Å². The Morgan fingerprint density at radius 3 is 2.48 bits per heavy atom. The van der Waals surface area contributed by atoms with Crippen LogP contribution < -0.4 is 27.4 Å². The number of aromatic carboxylic acids is 1. The van der Waals surface area contributed by atoms with Gasteiger partial charge in [0, 0.05) is 61.2 Å². The standard InChI is InChI=1S/C43H47ClF2N8O5S/c1-54-36(20-28-22-50-33-8-3-2-7-30(28)33)39(56)52-23-31-29(25-10-12-26(13-11-25)42(58)59)14-15-32(44)37(31)60-40-27(6-5-19-49-40)21-51-34(9-4-18-47)38(55)53-35(41(54)57)16-17-43(45,46)24-48/h2-3,5-8,10-15,19,22,34-36,50-51H,4,9,16-18,20-21,23-24,47-48H2,1H3,(H,52,56)(H,53,55)(H,58,59)/t34-,35-,36-/m0/s1. The molecule has 0 saturated carbocycles. The average Bonchev–Trinajstić information content (AvgIpc) is 3.66. The molecule has 5 aromatic rings. The van der Waals surface area contributed by atoms with Crippen LogP contribution >= 0.6 is 23.4 Å². The molecule has 0 fully saturated rings. The first kappa shape index (κ1) is 44.2. The molecular weight excluding hydrogens is 814 g/mol. The Morgan fingerprint density at radius 1 is 0.983 bits per heavy atom. The lowest BCUT2D eigenvalue weighted by Crippen LogP contribution is -2.57. The van der Waals surface area contributed by atoms with Crippen LogP contribution in [-0.2, 0) is 33.9 Å². The van der Waals surface area contributed by atoms with Gasteiger partial charge in [-0.15, -0.1) is 0 Å². The third kappa shape index (κ3) is 10.5. The van der Waals surface area contributed by atoms with Crippen molar-refractivity contribution in [2.24, 2.45) is 11.5 Å². The van der Waals surface area contributed by atoms with E-state index in [0.29, 0.717) is 43.6 Å². The number of aromatic nitrogens is 2. The zero-order chi connectivity index (χ0) is 43.0. The molecule has 13 nitrogen and oxygen atoms in total. The van der Waals surface area contributed by atoms with Gasteiger partial charge in [-0.1, -0.05) is 65.8 Å². The van der Waals surface area contributed by atoms with Crippen LogP contribution in [0.25, 0.3) is 22.0 Å². The van der Waals surface area contributed by atoms with Crippen LogP contribution in [0, 0.1) is 0 Å². The van der Waals surface area contributed by atoms with Crippen LogP contribution in [0.5, 0.6) is 0 Å². The van der Waals surface area contributed by atoms with Gasteiger partial charge in [0.15, 0.2) is 0 Å². The predicted octanol–water partition coefficient (Wildman–Crippen LogP) is 5.49. The topological polar surface area (TPSA) is 209 Å². The number of alkyl halides is 2. The number of pyridine rings is 1. The lowest BCUT2D eigenvalue weighted by molar-refractivity contribution is -0.142. The summed E-state index contributed by atoms with van der Waals surface area (Å²) in [5.41, 5.74) is 15.4. The van der Waals surface area contributed by atoms with Gasteiger partial charge in [-0.2, -0.15) is 0 Å². The Morgan fingerprint density at radius 2 is 1.75 bits per heavy atom. The van der Waals surface area contributed by atoms with E-state index in [2.05, 4.69) is 25.9 Å². The fourth-order valence-corrected chi connectivity index (χ4v) is 8.51. The molecule has 17 heteroatoms. The van der Waals surface area contributed by atoms with Crippen molar-refractivity contribution < 1.29 is 33.1 Å². The highest BCUT2D eigenvalue weighted by Gasteiger charge is 2.37. The van der Waals surface area contributed by atoms with Crippen molar-refractivity contribution >= 4 is 58.0 Å². The van der Waals surface area contributed by atoms with Crippen LogP contribution in [-0.4, -0.2) is 87.9 Å². The Labute approximate surface area is 355 Å². The summed E-state index contributed by atoms with van der Waals surface area (Å²) in [4.78, 5) is 64.6. The number of nitrogens with one attached hydrogen (secondary N) is 4. The summed E-state index contributed by atoms with van der Waals surface area (Å²) < 4.78 is 29.4. The molecule has 0 unspecified atom stereocenters. The first-order chi connectivity index (χ1) is 28.8. The van der Waals surface area contributed by atoms with Gasteiger partial charge in [0.1, 0.15) is 17.1 Å². The highest BCUT2D eigenvalue weighted by atomic mass is 35.5. The molecule has 9 N–H and O–H groups in total. The number of carboxylic acids is 1. The van der Waals surface area contributed by atoms with Crippen LogP contribution in [0.15, 0.2) is 95.1 Å². The molecule has 0 radical (unpaired) electrons. The lowest BCUT2D eigenvalue weighted by atomic mass is 9.97. The molecule has 1 aliphatic heterocycles. The molecule has 0 spiro atoms. The Bertz CT molecular complexity index is 2350. The highest BCUT2D eigenvalue weighted by Crippen LogP contribution is 2.41. The second-order valence-corrected chi connectivity index (χ2v) is 16.0. The van der Waals surface area contributed by atoms with Gasteiger partial charge in [0.05, 0.1) is 23.2 Å². The summed E-state index contributed by atoms with van der Waals surface area (Å²) in [6.45, 7) is -0.620. The number of carbonyl (C=O) groups excluding carboxylic acids is 3. The highest BCUT2D eigenvalue weighted by molar-refractivity contribution is 7.99. The van der Waals surface area contributed by atoms with E-state index in [9.17, 15) is 33.1 Å². The molecule has 3 aromatic carbocycles. The number of fused-ring (bicyclic) bond motifs is 3. The summed E-state index contributed by atoms with van der Waals surface area (Å²) in [7, 11) is 1.42. The van der Waals surface area contributed by atoms with Crippen molar-refractivity contribution in [3.8, 4) is 11.1 Å². The van der Waals surface area contributed by atoms with E-state index < -0.39 is 67.1 Å². The van der Waals surface area contributed by atoms with Crippen molar-refractivity contribution in [3.63, 3.8) is 0 Å². The summed E-state index contributed by atoms with van der Waals surface area (Å²) in [5, 5.41) is 20.3. The molecule has 60 heavy (non-hydrogen) atoms. The Balaban J connectivity index is 1.49. The average molecular weight is 861 g/mol. The number of rotatable bonds is 11. The zero-order valence-corrected chi connectivity index (χ0v) is 34.4. The molecule has 3 amide bonds. The van der Waals surface area contributed by atoms with Crippen LogP contribution in [0.2, 0.25) is 5.02 Å². The smallest absolute Gasteiger partial charge is 0.335 e.